The normalized spacial score (nSPS) is 18.4. The topological polar surface area (TPSA) is 29.5 Å². The molecule has 0 aromatic rings. The number of rotatable bonds is 6. The maximum absolute atomic E-state index is 12.4. The Kier molecular flexibility index (Phi) is 6.35. The van der Waals surface area contributed by atoms with Crippen molar-refractivity contribution in [3.8, 4) is 0 Å². The molecule has 20 heavy (non-hydrogen) atoms. The van der Waals surface area contributed by atoms with E-state index in [2.05, 4.69) is 4.74 Å². The van der Waals surface area contributed by atoms with Gasteiger partial charge in [0.05, 0.1) is 0 Å². The third-order valence-corrected chi connectivity index (χ3v) is 3.14. The van der Waals surface area contributed by atoms with E-state index in [1.165, 1.54) is 6.92 Å². The summed E-state index contributed by atoms with van der Waals surface area (Å²) in [6.07, 6.45) is -16.9. The van der Waals surface area contributed by atoms with Gasteiger partial charge in [-0.25, -0.2) is 0 Å². The predicted molar refractivity (Wildman–Crippen MR) is 60.8 cm³/mol. The van der Waals surface area contributed by atoms with E-state index in [0.29, 0.717) is 0 Å². The maximum atomic E-state index is 12.4. The van der Waals surface area contributed by atoms with E-state index in [1.807, 2.05) is 0 Å². The number of aliphatic hydroxyl groups is 1. The van der Waals surface area contributed by atoms with Crippen LogP contribution in [0.1, 0.15) is 40.5 Å². The van der Waals surface area contributed by atoms with Gasteiger partial charge in [-0.3, -0.25) is 0 Å². The molecule has 122 valence electrons. The number of aliphatic hydroxyl groups excluding tert-OH is 1. The lowest BCUT2D eigenvalue weighted by Gasteiger charge is -2.37. The molecule has 8 heteroatoms. The molecule has 2 nitrogen and oxygen atoms in total. The number of ether oxygens (including phenoxy) is 1. The van der Waals surface area contributed by atoms with Crippen LogP contribution < -0.4 is 0 Å². The van der Waals surface area contributed by atoms with Crippen molar-refractivity contribution in [1.82, 2.24) is 0 Å². The molecule has 0 radical (unpaired) electrons. The average Bonchev–Trinajstić information content (AvgIpc) is 2.20. The van der Waals surface area contributed by atoms with Gasteiger partial charge in [0.15, 0.2) is 6.29 Å². The Morgan fingerprint density at radius 2 is 1.40 bits per heavy atom. The Bertz CT molecular complexity index is 285. The fourth-order valence-corrected chi connectivity index (χ4v) is 1.99. The van der Waals surface area contributed by atoms with Crippen LogP contribution in [-0.2, 0) is 4.74 Å². The third-order valence-electron chi connectivity index (χ3n) is 3.14. The molecule has 2 unspecified atom stereocenters. The molecule has 0 saturated carbocycles. The molecule has 0 aromatic carbocycles. The van der Waals surface area contributed by atoms with Crippen molar-refractivity contribution in [3.05, 3.63) is 0 Å². The minimum absolute atomic E-state index is 0.00609. The summed E-state index contributed by atoms with van der Waals surface area (Å²) in [7, 11) is 0. The Morgan fingerprint density at radius 3 is 1.65 bits per heavy atom. The fourth-order valence-electron chi connectivity index (χ4n) is 1.99. The van der Waals surface area contributed by atoms with Gasteiger partial charge in [-0.05, 0) is 18.8 Å². The summed E-state index contributed by atoms with van der Waals surface area (Å²) in [5, 5.41) is 9.69. The van der Waals surface area contributed by atoms with Crippen molar-refractivity contribution >= 4 is 0 Å². The Labute approximate surface area is 114 Å². The first-order valence-corrected chi connectivity index (χ1v) is 6.21. The summed E-state index contributed by atoms with van der Waals surface area (Å²) in [6, 6.07) is 0. The molecule has 0 rings (SSSR count). The molecule has 0 saturated heterocycles. The number of hydrogen-bond donors (Lipinski definition) is 1. The van der Waals surface area contributed by atoms with Crippen LogP contribution in [0.4, 0.5) is 26.3 Å². The zero-order chi connectivity index (χ0) is 16.4. The van der Waals surface area contributed by atoms with E-state index in [1.54, 1.807) is 20.8 Å². The first kappa shape index (κ1) is 19.5. The van der Waals surface area contributed by atoms with Gasteiger partial charge < -0.3 is 9.84 Å². The van der Waals surface area contributed by atoms with Crippen LogP contribution in [0.3, 0.4) is 0 Å². The van der Waals surface area contributed by atoms with Crippen molar-refractivity contribution in [2.75, 3.05) is 0 Å². The van der Waals surface area contributed by atoms with E-state index in [0.717, 1.165) is 0 Å². The van der Waals surface area contributed by atoms with Crippen LogP contribution in [0.2, 0.25) is 0 Å². The lowest BCUT2D eigenvalue weighted by molar-refractivity contribution is -0.361. The minimum atomic E-state index is -5.62. The number of halogens is 6. The SMILES string of the molecule is CCC(C)(CC(C)C)C(O)OC(C(F)(F)F)C(F)(F)F. The van der Waals surface area contributed by atoms with E-state index in [9.17, 15) is 31.4 Å². The van der Waals surface area contributed by atoms with Gasteiger partial charge in [-0.2, -0.15) is 26.3 Å². The summed E-state index contributed by atoms with van der Waals surface area (Å²) >= 11 is 0. The highest BCUT2D eigenvalue weighted by atomic mass is 19.4. The Hall–Kier alpha value is -0.500. The molecule has 0 aliphatic carbocycles. The second-order valence-corrected chi connectivity index (χ2v) is 5.56. The standard InChI is InChI=1S/C12H20F6O2/c1-5-10(4,6-7(2)3)9(19)20-8(11(13,14)15)12(16,17)18/h7-9,19H,5-6H2,1-4H3. The number of hydrogen-bond acceptors (Lipinski definition) is 2. The van der Waals surface area contributed by atoms with Crippen molar-refractivity contribution in [2.45, 2.75) is 65.3 Å². The molecule has 2 atom stereocenters. The summed E-state index contributed by atoms with van der Waals surface area (Å²) in [5.74, 6) is -0.00609. The van der Waals surface area contributed by atoms with Crippen LogP contribution >= 0.6 is 0 Å². The summed E-state index contributed by atoms with van der Waals surface area (Å²) in [6.45, 7) is 6.49. The van der Waals surface area contributed by atoms with Crippen LogP contribution in [-0.4, -0.2) is 29.9 Å². The van der Waals surface area contributed by atoms with Crippen LogP contribution in [0.15, 0.2) is 0 Å². The monoisotopic (exact) mass is 310 g/mol. The fraction of sp³-hybridized carbons (Fsp3) is 1.00. The van der Waals surface area contributed by atoms with Gasteiger partial charge in [0.25, 0.3) is 6.10 Å². The highest BCUT2D eigenvalue weighted by Gasteiger charge is 2.59. The van der Waals surface area contributed by atoms with Crippen LogP contribution in [0.25, 0.3) is 0 Å². The van der Waals surface area contributed by atoms with Crippen molar-refractivity contribution < 1.29 is 36.2 Å². The molecule has 0 heterocycles. The van der Waals surface area contributed by atoms with Gasteiger partial charge in [-0.1, -0.05) is 27.7 Å². The Morgan fingerprint density at radius 1 is 1.00 bits per heavy atom. The quantitative estimate of drug-likeness (QED) is 0.586. The predicted octanol–water partition coefficient (Wildman–Crippen LogP) is 4.28. The largest absolute Gasteiger partial charge is 0.423 e. The first-order valence-electron chi connectivity index (χ1n) is 6.21. The molecule has 0 aliphatic heterocycles. The Balaban J connectivity index is 5.13. The lowest BCUT2D eigenvalue weighted by atomic mass is 9.79. The van der Waals surface area contributed by atoms with Crippen LogP contribution in [0.5, 0.6) is 0 Å². The van der Waals surface area contributed by atoms with Crippen LogP contribution in [0, 0.1) is 11.3 Å². The molecule has 0 amide bonds. The molecule has 0 aromatic heterocycles. The second kappa shape index (κ2) is 6.51. The molecule has 0 spiro atoms. The van der Waals surface area contributed by atoms with Crippen molar-refractivity contribution in [3.63, 3.8) is 0 Å². The van der Waals surface area contributed by atoms with Gasteiger partial charge >= 0.3 is 12.4 Å². The van der Waals surface area contributed by atoms with E-state index < -0.39 is 30.2 Å². The summed E-state index contributed by atoms with van der Waals surface area (Å²) in [4.78, 5) is 0. The summed E-state index contributed by atoms with van der Waals surface area (Å²) in [5.41, 5.74) is -1.18. The summed E-state index contributed by atoms with van der Waals surface area (Å²) < 4.78 is 78.2. The van der Waals surface area contributed by atoms with E-state index >= 15 is 0 Å². The first-order chi connectivity index (χ1) is 8.74. The zero-order valence-electron chi connectivity index (χ0n) is 11.8. The molecule has 1 N–H and O–H groups in total. The molecular formula is C12H20F6O2. The van der Waals surface area contributed by atoms with Crippen molar-refractivity contribution in [2.24, 2.45) is 11.3 Å². The smallest absolute Gasteiger partial charge is 0.367 e. The highest BCUT2D eigenvalue weighted by molar-refractivity contribution is 4.82. The van der Waals surface area contributed by atoms with E-state index in [4.69, 9.17) is 0 Å². The molecule has 0 bridgehead atoms. The zero-order valence-corrected chi connectivity index (χ0v) is 11.8. The number of alkyl halides is 6. The molecular weight excluding hydrogens is 290 g/mol. The lowest BCUT2D eigenvalue weighted by Crippen LogP contribution is -2.49. The molecule has 0 aliphatic rings. The average molecular weight is 310 g/mol. The van der Waals surface area contributed by atoms with Gasteiger partial charge in [0.1, 0.15) is 0 Å². The van der Waals surface area contributed by atoms with Gasteiger partial charge in [0, 0.05) is 5.41 Å². The van der Waals surface area contributed by atoms with Gasteiger partial charge in [0.2, 0.25) is 0 Å². The highest BCUT2D eigenvalue weighted by Crippen LogP contribution is 2.40. The third kappa shape index (κ3) is 5.47. The van der Waals surface area contributed by atoms with Gasteiger partial charge in [-0.15, -0.1) is 0 Å². The maximum Gasteiger partial charge on any atom is 0.423 e. The minimum Gasteiger partial charge on any atom is -0.367 e. The van der Waals surface area contributed by atoms with Crippen molar-refractivity contribution in [1.29, 1.82) is 0 Å². The van der Waals surface area contributed by atoms with E-state index in [-0.39, 0.29) is 18.8 Å². The second-order valence-electron chi connectivity index (χ2n) is 5.56. The molecule has 0 fully saturated rings.